The summed E-state index contributed by atoms with van der Waals surface area (Å²) in [5.74, 6) is 0.323. The molecule has 2 N–H and O–H groups in total. The van der Waals surface area contributed by atoms with Gasteiger partial charge < -0.3 is 9.88 Å². The molecular weight excluding hydrogens is 505 g/mol. The molecule has 1 saturated heterocycles. The number of nitrogens with one attached hydrogen (secondary N) is 2. The first-order valence-corrected chi connectivity index (χ1v) is 13.3. The highest BCUT2D eigenvalue weighted by molar-refractivity contribution is 5.96. The Balaban J connectivity index is 1.27. The lowest BCUT2D eigenvalue weighted by Gasteiger charge is -2.30. The van der Waals surface area contributed by atoms with Crippen LogP contribution in [-0.2, 0) is 13.1 Å². The molecule has 5 aromatic heterocycles. The van der Waals surface area contributed by atoms with Gasteiger partial charge in [0.05, 0.1) is 22.6 Å². The summed E-state index contributed by atoms with van der Waals surface area (Å²) in [6.07, 6.45) is 10.3. The van der Waals surface area contributed by atoms with Crippen LogP contribution in [0.1, 0.15) is 17.5 Å². The minimum absolute atomic E-state index is 0.288. The second-order valence-corrected chi connectivity index (χ2v) is 10.7. The van der Waals surface area contributed by atoms with Crippen molar-refractivity contribution >= 4 is 22.1 Å². The Kier molecular flexibility index (Phi) is 6.06. The topological polar surface area (TPSA) is 103 Å². The van der Waals surface area contributed by atoms with Crippen LogP contribution in [0.3, 0.4) is 0 Å². The third kappa shape index (κ3) is 4.61. The molecule has 40 heavy (non-hydrogen) atoms. The Labute approximate surface area is 230 Å². The van der Waals surface area contributed by atoms with Gasteiger partial charge in [-0.05, 0) is 80.6 Å². The van der Waals surface area contributed by atoms with Gasteiger partial charge in [0.1, 0.15) is 11.5 Å². The number of fused-ring (bicyclic) bond motifs is 2. The quantitative estimate of drug-likeness (QED) is 0.297. The molecule has 0 spiro atoms. The summed E-state index contributed by atoms with van der Waals surface area (Å²) >= 11 is 0. The Bertz CT molecular complexity index is 1850. The van der Waals surface area contributed by atoms with Crippen LogP contribution in [-0.4, -0.2) is 72.1 Å². The van der Waals surface area contributed by atoms with E-state index in [0.29, 0.717) is 23.5 Å². The molecule has 1 fully saturated rings. The zero-order valence-electron chi connectivity index (χ0n) is 22.3. The number of likely N-dealkylation sites (tertiary alicyclic amines) is 1. The maximum Gasteiger partial charge on any atom is 0.181 e. The first-order chi connectivity index (χ1) is 19.5. The van der Waals surface area contributed by atoms with E-state index in [9.17, 15) is 4.39 Å². The number of rotatable bonds is 7. The summed E-state index contributed by atoms with van der Waals surface area (Å²) in [6, 6.07) is 9.31. The van der Waals surface area contributed by atoms with Gasteiger partial charge in [0, 0.05) is 54.6 Å². The van der Waals surface area contributed by atoms with Crippen molar-refractivity contribution in [3.63, 3.8) is 0 Å². The minimum Gasteiger partial charge on any atom is -0.335 e. The number of nitrogens with zero attached hydrogens (tertiary/aromatic N) is 7. The van der Waals surface area contributed by atoms with Gasteiger partial charge in [-0.15, -0.1) is 0 Å². The summed E-state index contributed by atoms with van der Waals surface area (Å²) in [5.41, 5.74) is 8.31. The van der Waals surface area contributed by atoms with E-state index in [0.717, 1.165) is 64.0 Å². The molecule has 1 aliphatic rings. The Morgan fingerprint density at radius 3 is 2.55 bits per heavy atom. The molecule has 0 radical (unpaired) electrons. The second kappa shape index (κ2) is 9.89. The predicted molar refractivity (Wildman–Crippen MR) is 153 cm³/mol. The van der Waals surface area contributed by atoms with Gasteiger partial charge in [-0.25, -0.2) is 14.4 Å². The van der Waals surface area contributed by atoms with Crippen LogP contribution in [0.15, 0.2) is 61.3 Å². The van der Waals surface area contributed by atoms with E-state index in [-0.39, 0.29) is 5.82 Å². The lowest BCUT2D eigenvalue weighted by molar-refractivity contribution is 0.172. The van der Waals surface area contributed by atoms with E-state index < -0.39 is 0 Å². The molecule has 1 aliphatic heterocycles. The number of H-pyrrole nitrogens is 2. The van der Waals surface area contributed by atoms with E-state index in [1.54, 1.807) is 18.5 Å². The zero-order valence-corrected chi connectivity index (χ0v) is 22.3. The van der Waals surface area contributed by atoms with Crippen molar-refractivity contribution < 1.29 is 4.39 Å². The van der Waals surface area contributed by atoms with Crippen molar-refractivity contribution in [2.24, 2.45) is 0 Å². The normalized spacial score (nSPS) is 13.9. The van der Waals surface area contributed by atoms with Crippen molar-refractivity contribution in [3.8, 4) is 33.8 Å². The van der Waals surface area contributed by atoms with Crippen LogP contribution in [0.25, 0.3) is 55.8 Å². The van der Waals surface area contributed by atoms with Gasteiger partial charge >= 0.3 is 0 Å². The molecule has 0 bridgehead atoms. The second-order valence-electron chi connectivity index (χ2n) is 10.7. The summed E-state index contributed by atoms with van der Waals surface area (Å²) in [7, 11) is 3.92. The number of hydrogen-bond donors (Lipinski definition) is 2. The summed E-state index contributed by atoms with van der Waals surface area (Å²) < 4.78 is 14.6. The molecule has 9 nitrogen and oxygen atoms in total. The Hall–Kier alpha value is -4.54. The van der Waals surface area contributed by atoms with Gasteiger partial charge in [-0.1, -0.05) is 0 Å². The monoisotopic (exact) mass is 533 g/mol. The Morgan fingerprint density at radius 1 is 0.900 bits per heavy atom. The number of halogens is 1. The van der Waals surface area contributed by atoms with Crippen LogP contribution >= 0.6 is 0 Å². The first kappa shape index (κ1) is 24.5. The maximum absolute atomic E-state index is 14.6. The molecule has 10 heteroatoms. The molecular formula is C30H28FN9. The van der Waals surface area contributed by atoms with E-state index in [4.69, 9.17) is 4.98 Å². The van der Waals surface area contributed by atoms with Gasteiger partial charge in [0.2, 0.25) is 0 Å². The number of aromatic amines is 2. The van der Waals surface area contributed by atoms with E-state index in [2.05, 4.69) is 47.2 Å². The van der Waals surface area contributed by atoms with Gasteiger partial charge in [0.15, 0.2) is 11.5 Å². The van der Waals surface area contributed by atoms with E-state index >= 15 is 0 Å². The van der Waals surface area contributed by atoms with Crippen LogP contribution < -0.4 is 0 Å². The third-order valence-corrected chi connectivity index (χ3v) is 7.29. The van der Waals surface area contributed by atoms with Gasteiger partial charge in [0.25, 0.3) is 0 Å². The van der Waals surface area contributed by atoms with Crippen molar-refractivity contribution in [2.45, 2.75) is 19.5 Å². The molecule has 0 saturated carbocycles. The SMILES string of the molecule is CN(C)Cc1cc(F)cc(-c2cncc3[nH]c(-c4[nH]nc5ncc(-c6cncc(CN7CCC7)c6)cc45)nc23)c1. The highest BCUT2D eigenvalue weighted by Crippen LogP contribution is 2.33. The van der Waals surface area contributed by atoms with Gasteiger partial charge in [-0.3, -0.25) is 20.0 Å². The number of pyridine rings is 3. The molecule has 0 unspecified atom stereocenters. The molecule has 6 aromatic rings. The highest BCUT2D eigenvalue weighted by Gasteiger charge is 2.18. The summed E-state index contributed by atoms with van der Waals surface area (Å²) in [6.45, 7) is 3.82. The van der Waals surface area contributed by atoms with Crippen molar-refractivity contribution in [1.82, 2.24) is 44.9 Å². The molecule has 0 atom stereocenters. The number of hydrogen-bond acceptors (Lipinski definition) is 7. The van der Waals surface area contributed by atoms with Crippen LogP contribution in [0, 0.1) is 5.82 Å². The fraction of sp³-hybridized carbons (Fsp3) is 0.233. The largest absolute Gasteiger partial charge is 0.335 e. The lowest BCUT2D eigenvalue weighted by Crippen LogP contribution is -2.36. The van der Waals surface area contributed by atoms with Crippen molar-refractivity contribution in [1.29, 1.82) is 0 Å². The fourth-order valence-electron chi connectivity index (χ4n) is 5.29. The van der Waals surface area contributed by atoms with Crippen molar-refractivity contribution in [2.75, 3.05) is 27.2 Å². The molecule has 7 rings (SSSR count). The average Bonchev–Trinajstić information content (AvgIpc) is 3.54. The third-order valence-electron chi connectivity index (χ3n) is 7.29. The highest BCUT2D eigenvalue weighted by atomic mass is 19.1. The van der Waals surface area contributed by atoms with E-state index in [1.165, 1.54) is 18.1 Å². The number of benzene rings is 1. The van der Waals surface area contributed by atoms with Crippen LogP contribution in [0.4, 0.5) is 4.39 Å². The zero-order chi connectivity index (χ0) is 27.2. The molecule has 6 heterocycles. The average molecular weight is 534 g/mol. The van der Waals surface area contributed by atoms with Crippen LogP contribution in [0.5, 0.6) is 0 Å². The lowest BCUT2D eigenvalue weighted by atomic mass is 10.0. The number of imidazole rings is 1. The first-order valence-electron chi connectivity index (χ1n) is 13.3. The Morgan fingerprint density at radius 2 is 1.73 bits per heavy atom. The summed E-state index contributed by atoms with van der Waals surface area (Å²) in [5, 5.41) is 8.37. The van der Waals surface area contributed by atoms with E-state index in [1.807, 2.05) is 43.7 Å². The molecule has 200 valence electrons. The molecule has 0 aliphatic carbocycles. The van der Waals surface area contributed by atoms with Crippen LogP contribution in [0.2, 0.25) is 0 Å². The smallest absolute Gasteiger partial charge is 0.181 e. The predicted octanol–water partition coefficient (Wildman–Crippen LogP) is 5.03. The standard InChI is InChI=1S/C30H28FN9/c1-39(2)16-18-6-20(9-23(31)8-18)25-14-33-15-26-27(25)36-30(35-26)28-24-10-22(13-34-29(24)38-37-28)21-7-19(11-32-12-21)17-40-4-3-5-40/h6-15H,3-5,16-17H2,1-2H3,(H,35,36)(H,34,37,38). The molecule has 0 amide bonds. The number of aromatic nitrogens is 7. The summed E-state index contributed by atoms with van der Waals surface area (Å²) in [4.78, 5) is 26.2. The van der Waals surface area contributed by atoms with Crippen molar-refractivity contribution in [3.05, 3.63) is 78.3 Å². The van der Waals surface area contributed by atoms with Gasteiger partial charge in [-0.2, -0.15) is 5.10 Å². The molecule has 1 aromatic carbocycles. The minimum atomic E-state index is -0.288. The maximum atomic E-state index is 14.6. The fourth-order valence-corrected chi connectivity index (χ4v) is 5.29.